The van der Waals surface area contributed by atoms with Gasteiger partial charge in [-0.1, -0.05) is 24.3 Å². The van der Waals surface area contributed by atoms with E-state index in [1.807, 2.05) is 38.1 Å². The molecule has 96 valence electrons. The van der Waals surface area contributed by atoms with Crippen LogP contribution in [0.2, 0.25) is 0 Å². The number of hydrogen-bond acceptors (Lipinski definition) is 2. The predicted molar refractivity (Wildman–Crippen MR) is 74.4 cm³/mol. The van der Waals surface area contributed by atoms with Gasteiger partial charge in [-0.15, -0.1) is 0 Å². The van der Waals surface area contributed by atoms with E-state index in [0.717, 1.165) is 0 Å². The van der Waals surface area contributed by atoms with Crippen molar-refractivity contribution in [3.05, 3.63) is 64.5 Å². The van der Waals surface area contributed by atoms with E-state index in [2.05, 4.69) is 5.32 Å². The molecule has 0 saturated heterocycles. The second kappa shape index (κ2) is 5.53. The minimum Gasteiger partial charge on any atom is -0.380 e. The van der Waals surface area contributed by atoms with Crippen molar-refractivity contribution in [2.45, 2.75) is 20.4 Å². The van der Waals surface area contributed by atoms with Gasteiger partial charge in [0, 0.05) is 6.54 Å². The fourth-order valence-corrected chi connectivity index (χ4v) is 2.10. The first-order chi connectivity index (χ1) is 9.13. The van der Waals surface area contributed by atoms with Gasteiger partial charge in [0.25, 0.3) is 0 Å². The van der Waals surface area contributed by atoms with Gasteiger partial charge >= 0.3 is 0 Å². The highest BCUT2D eigenvalue weighted by atomic mass is 19.1. The number of hydrogen-bond donors (Lipinski definition) is 1. The number of rotatable bonds is 3. The van der Waals surface area contributed by atoms with Crippen LogP contribution in [0.3, 0.4) is 0 Å². The quantitative estimate of drug-likeness (QED) is 0.900. The monoisotopic (exact) mass is 254 g/mol. The van der Waals surface area contributed by atoms with Crippen molar-refractivity contribution >= 4 is 5.69 Å². The van der Waals surface area contributed by atoms with Crippen LogP contribution in [0.1, 0.15) is 22.3 Å². The molecule has 0 radical (unpaired) electrons. The molecule has 2 aromatic carbocycles. The summed E-state index contributed by atoms with van der Waals surface area (Å²) in [4.78, 5) is 0. The Balaban J connectivity index is 2.25. The van der Waals surface area contributed by atoms with Crippen LogP contribution in [0.4, 0.5) is 10.1 Å². The smallest absolute Gasteiger partial charge is 0.143 e. The first-order valence-electron chi connectivity index (χ1n) is 6.11. The van der Waals surface area contributed by atoms with Crippen LogP contribution in [0.5, 0.6) is 0 Å². The van der Waals surface area contributed by atoms with Crippen LogP contribution >= 0.6 is 0 Å². The van der Waals surface area contributed by atoms with E-state index in [-0.39, 0.29) is 5.56 Å². The Morgan fingerprint density at radius 1 is 1.11 bits per heavy atom. The van der Waals surface area contributed by atoms with Crippen LogP contribution in [-0.2, 0) is 6.54 Å². The molecule has 19 heavy (non-hydrogen) atoms. The number of aryl methyl sites for hydroxylation is 2. The zero-order valence-electron chi connectivity index (χ0n) is 11.0. The van der Waals surface area contributed by atoms with Gasteiger partial charge < -0.3 is 5.32 Å². The summed E-state index contributed by atoms with van der Waals surface area (Å²) in [6, 6.07) is 12.6. The van der Waals surface area contributed by atoms with Crippen molar-refractivity contribution < 1.29 is 4.39 Å². The third kappa shape index (κ3) is 2.74. The molecule has 0 atom stereocenters. The van der Waals surface area contributed by atoms with Crippen molar-refractivity contribution in [3.63, 3.8) is 0 Å². The lowest BCUT2D eigenvalue weighted by molar-refractivity contribution is 0.624. The van der Waals surface area contributed by atoms with Crippen LogP contribution in [0.25, 0.3) is 0 Å². The fraction of sp³-hybridized carbons (Fsp3) is 0.188. The fourth-order valence-electron chi connectivity index (χ4n) is 2.10. The van der Waals surface area contributed by atoms with Gasteiger partial charge in [0.15, 0.2) is 0 Å². The average Bonchev–Trinajstić information content (AvgIpc) is 2.38. The van der Waals surface area contributed by atoms with Crippen molar-refractivity contribution in [1.82, 2.24) is 0 Å². The Hall–Kier alpha value is -2.34. The van der Waals surface area contributed by atoms with E-state index in [9.17, 15) is 4.39 Å². The molecule has 1 N–H and O–H groups in total. The van der Waals surface area contributed by atoms with Crippen molar-refractivity contribution in [2.75, 3.05) is 5.32 Å². The Morgan fingerprint density at radius 3 is 2.37 bits per heavy atom. The Bertz CT molecular complexity index is 621. The van der Waals surface area contributed by atoms with Gasteiger partial charge in [0.1, 0.15) is 17.4 Å². The van der Waals surface area contributed by atoms with E-state index >= 15 is 0 Å². The highest BCUT2D eigenvalue weighted by Gasteiger charge is 2.08. The SMILES string of the molecule is Cc1cccc(C)c1CNc1cccc(F)c1C#N. The maximum absolute atomic E-state index is 13.5. The highest BCUT2D eigenvalue weighted by molar-refractivity contribution is 5.58. The third-order valence-corrected chi connectivity index (χ3v) is 3.23. The molecule has 2 nitrogen and oxygen atoms in total. The summed E-state index contributed by atoms with van der Waals surface area (Å²) in [6.45, 7) is 4.66. The molecule has 0 amide bonds. The maximum atomic E-state index is 13.5. The molecule has 0 aliphatic heterocycles. The highest BCUT2D eigenvalue weighted by Crippen LogP contribution is 2.20. The zero-order valence-corrected chi connectivity index (χ0v) is 11.0. The molecule has 0 aliphatic carbocycles. The molecule has 2 aromatic rings. The van der Waals surface area contributed by atoms with Crippen molar-refractivity contribution in [2.24, 2.45) is 0 Å². The van der Waals surface area contributed by atoms with Crippen LogP contribution in [-0.4, -0.2) is 0 Å². The molecule has 0 fully saturated rings. The van der Waals surface area contributed by atoms with Gasteiger partial charge in [-0.05, 0) is 42.7 Å². The minimum atomic E-state index is -0.492. The molecule has 0 aromatic heterocycles. The lowest BCUT2D eigenvalue weighted by Gasteiger charge is -2.13. The number of nitrogens with zero attached hydrogens (tertiary/aromatic N) is 1. The van der Waals surface area contributed by atoms with E-state index < -0.39 is 5.82 Å². The van der Waals surface area contributed by atoms with Gasteiger partial charge in [0.2, 0.25) is 0 Å². The standard InChI is InChI=1S/C16H15FN2/c1-11-5-3-6-12(2)14(11)10-19-16-8-4-7-15(17)13(16)9-18/h3-8,19H,10H2,1-2H3. The predicted octanol–water partition coefficient (Wildman–Crippen LogP) is 3.93. The van der Waals surface area contributed by atoms with Crippen LogP contribution in [0.15, 0.2) is 36.4 Å². The Kier molecular flexibility index (Phi) is 3.82. The summed E-state index contributed by atoms with van der Waals surface area (Å²) < 4.78 is 13.5. The number of nitrogens with one attached hydrogen (secondary N) is 1. The first-order valence-corrected chi connectivity index (χ1v) is 6.11. The van der Waals surface area contributed by atoms with Crippen LogP contribution in [0, 0.1) is 31.0 Å². The summed E-state index contributed by atoms with van der Waals surface area (Å²) in [7, 11) is 0. The summed E-state index contributed by atoms with van der Waals surface area (Å²) in [5.41, 5.74) is 4.14. The lowest BCUT2D eigenvalue weighted by atomic mass is 10.0. The maximum Gasteiger partial charge on any atom is 0.143 e. The lowest BCUT2D eigenvalue weighted by Crippen LogP contribution is -2.05. The average molecular weight is 254 g/mol. The summed E-state index contributed by atoms with van der Waals surface area (Å²) in [5, 5.41) is 12.1. The van der Waals surface area contributed by atoms with E-state index in [1.165, 1.54) is 22.8 Å². The molecule has 0 unspecified atom stereocenters. The first kappa shape index (κ1) is 13.1. The molecular formula is C16H15FN2. The Labute approximate surface area is 112 Å². The van der Waals surface area contributed by atoms with Crippen molar-refractivity contribution in [3.8, 4) is 6.07 Å². The summed E-state index contributed by atoms with van der Waals surface area (Å²) in [5.74, 6) is -0.492. The van der Waals surface area contributed by atoms with Gasteiger partial charge in [-0.2, -0.15) is 5.26 Å². The minimum absolute atomic E-state index is 0.0636. The number of nitriles is 1. The van der Waals surface area contributed by atoms with Crippen LogP contribution < -0.4 is 5.32 Å². The van der Waals surface area contributed by atoms with E-state index in [0.29, 0.717) is 12.2 Å². The van der Waals surface area contributed by atoms with Gasteiger partial charge in [0.05, 0.1) is 5.69 Å². The van der Waals surface area contributed by atoms with Gasteiger partial charge in [-0.25, -0.2) is 4.39 Å². The normalized spacial score (nSPS) is 10.0. The number of halogens is 1. The number of benzene rings is 2. The van der Waals surface area contributed by atoms with Crippen molar-refractivity contribution in [1.29, 1.82) is 5.26 Å². The molecule has 0 bridgehead atoms. The summed E-state index contributed by atoms with van der Waals surface area (Å²) >= 11 is 0. The van der Waals surface area contributed by atoms with Gasteiger partial charge in [-0.3, -0.25) is 0 Å². The second-order valence-corrected chi connectivity index (χ2v) is 4.50. The molecule has 3 heteroatoms. The van der Waals surface area contributed by atoms with E-state index in [4.69, 9.17) is 5.26 Å². The zero-order chi connectivity index (χ0) is 13.8. The molecule has 0 aliphatic rings. The topological polar surface area (TPSA) is 35.8 Å². The molecule has 2 rings (SSSR count). The molecule has 0 spiro atoms. The molecular weight excluding hydrogens is 239 g/mol. The molecule has 0 saturated carbocycles. The summed E-state index contributed by atoms with van der Waals surface area (Å²) in [6.07, 6.45) is 0. The second-order valence-electron chi connectivity index (χ2n) is 4.50. The Morgan fingerprint density at radius 2 is 1.74 bits per heavy atom. The van der Waals surface area contributed by atoms with E-state index in [1.54, 1.807) is 12.1 Å². The number of anilines is 1. The molecule has 0 heterocycles. The largest absolute Gasteiger partial charge is 0.380 e. The third-order valence-electron chi connectivity index (χ3n) is 3.23.